The Hall–Kier alpha value is -1.20. The second-order valence-electron chi connectivity index (χ2n) is 3.38. The largest absolute Gasteiger partial charge is 0.480 e. The summed E-state index contributed by atoms with van der Waals surface area (Å²) >= 11 is 0. The van der Waals surface area contributed by atoms with E-state index in [-0.39, 0.29) is 6.54 Å². The highest BCUT2D eigenvalue weighted by Gasteiger charge is 2.44. The number of nitrogens with zero attached hydrogens (tertiary/aromatic N) is 1. The lowest BCUT2D eigenvalue weighted by Crippen LogP contribution is -2.52. The van der Waals surface area contributed by atoms with Crippen molar-refractivity contribution in [3.8, 4) is 0 Å². The zero-order valence-corrected chi connectivity index (χ0v) is 7.67. The Morgan fingerprint density at radius 1 is 1.50 bits per heavy atom. The molecule has 1 fully saturated rings. The number of halogens is 2. The summed E-state index contributed by atoms with van der Waals surface area (Å²) in [5.41, 5.74) is 0. The standard InChI is InChI=1S/C8H11F2NO3/c1-5(12)11-3-2-8(9,10)4-6(11)7(13)14/h6H,2-4H2,1H3,(H,13,14). The Balaban J connectivity index is 2.81. The predicted molar refractivity (Wildman–Crippen MR) is 43.0 cm³/mol. The highest BCUT2D eigenvalue weighted by atomic mass is 19.3. The molecule has 1 amide bonds. The predicted octanol–water partition coefficient (Wildman–Crippen LogP) is 0.717. The van der Waals surface area contributed by atoms with Crippen molar-refractivity contribution in [2.45, 2.75) is 31.7 Å². The van der Waals surface area contributed by atoms with Gasteiger partial charge in [-0.25, -0.2) is 13.6 Å². The van der Waals surface area contributed by atoms with Gasteiger partial charge in [0.05, 0.1) is 0 Å². The van der Waals surface area contributed by atoms with Crippen molar-refractivity contribution in [1.82, 2.24) is 4.90 Å². The van der Waals surface area contributed by atoms with Gasteiger partial charge in [0.15, 0.2) is 0 Å². The molecule has 1 aliphatic rings. The van der Waals surface area contributed by atoms with Crippen molar-refractivity contribution < 1.29 is 23.5 Å². The molecule has 0 bridgehead atoms. The van der Waals surface area contributed by atoms with Gasteiger partial charge in [0.25, 0.3) is 5.92 Å². The van der Waals surface area contributed by atoms with Crippen LogP contribution in [0.4, 0.5) is 8.78 Å². The van der Waals surface area contributed by atoms with Crippen LogP contribution in [-0.2, 0) is 9.59 Å². The van der Waals surface area contributed by atoms with E-state index in [2.05, 4.69) is 0 Å². The molecule has 0 spiro atoms. The molecule has 4 nitrogen and oxygen atoms in total. The Labute approximate surface area is 79.5 Å². The maximum absolute atomic E-state index is 12.9. The third kappa shape index (κ3) is 2.18. The number of alkyl halides is 2. The third-order valence-electron chi connectivity index (χ3n) is 2.28. The maximum Gasteiger partial charge on any atom is 0.326 e. The van der Waals surface area contributed by atoms with Crippen LogP contribution in [0.2, 0.25) is 0 Å². The van der Waals surface area contributed by atoms with Crippen LogP contribution >= 0.6 is 0 Å². The van der Waals surface area contributed by atoms with Crippen LogP contribution in [0.3, 0.4) is 0 Å². The zero-order chi connectivity index (χ0) is 10.9. The number of hydrogen-bond donors (Lipinski definition) is 1. The second kappa shape index (κ2) is 3.51. The van der Waals surface area contributed by atoms with Crippen LogP contribution in [-0.4, -0.2) is 40.4 Å². The monoisotopic (exact) mass is 207 g/mol. The van der Waals surface area contributed by atoms with Crippen molar-refractivity contribution >= 4 is 11.9 Å². The zero-order valence-electron chi connectivity index (χ0n) is 7.67. The average Bonchev–Trinajstić information content (AvgIpc) is 2.01. The minimum absolute atomic E-state index is 0.195. The number of piperidine rings is 1. The number of carbonyl (C=O) groups excluding carboxylic acids is 1. The molecule has 0 aromatic heterocycles. The molecular weight excluding hydrogens is 196 g/mol. The molecule has 0 aromatic carbocycles. The minimum atomic E-state index is -2.98. The number of carboxylic acids is 1. The van der Waals surface area contributed by atoms with E-state index in [4.69, 9.17) is 5.11 Å². The fourth-order valence-electron chi connectivity index (χ4n) is 1.53. The van der Waals surface area contributed by atoms with Crippen molar-refractivity contribution in [1.29, 1.82) is 0 Å². The van der Waals surface area contributed by atoms with Gasteiger partial charge in [-0.1, -0.05) is 0 Å². The molecule has 0 radical (unpaired) electrons. The number of aliphatic carboxylic acids is 1. The number of carbonyl (C=O) groups is 2. The summed E-state index contributed by atoms with van der Waals surface area (Å²) in [5, 5.41) is 8.66. The highest BCUT2D eigenvalue weighted by molar-refractivity contribution is 5.82. The molecule has 1 aliphatic heterocycles. The Morgan fingerprint density at radius 2 is 2.07 bits per heavy atom. The van der Waals surface area contributed by atoms with Gasteiger partial charge >= 0.3 is 5.97 Å². The highest BCUT2D eigenvalue weighted by Crippen LogP contribution is 2.31. The Morgan fingerprint density at radius 3 is 2.50 bits per heavy atom. The summed E-state index contributed by atoms with van der Waals surface area (Å²) < 4.78 is 25.7. The molecular formula is C8H11F2NO3. The molecule has 14 heavy (non-hydrogen) atoms. The normalized spacial score (nSPS) is 25.9. The molecule has 1 unspecified atom stereocenters. The summed E-state index contributed by atoms with van der Waals surface area (Å²) in [5.74, 6) is -4.83. The van der Waals surface area contributed by atoms with Gasteiger partial charge in [0.2, 0.25) is 5.91 Å². The van der Waals surface area contributed by atoms with Gasteiger partial charge in [-0.2, -0.15) is 0 Å². The van der Waals surface area contributed by atoms with E-state index in [1.807, 2.05) is 0 Å². The summed E-state index contributed by atoms with van der Waals surface area (Å²) in [6.45, 7) is 0.985. The number of carboxylic acid groups (broad SMARTS) is 1. The van der Waals surface area contributed by atoms with Crippen LogP contribution in [0, 0.1) is 0 Å². The van der Waals surface area contributed by atoms with Crippen LogP contribution in [0.25, 0.3) is 0 Å². The molecule has 1 N–H and O–H groups in total. The topological polar surface area (TPSA) is 57.6 Å². The smallest absolute Gasteiger partial charge is 0.326 e. The number of amides is 1. The van der Waals surface area contributed by atoms with Gasteiger partial charge < -0.3 is 10.0 Å². The van der Waals surface area contributed by atoms with Gasteiger partial charge in [-0.15, -0.1) is 0 Å². The molecule has 1 atom stereocenters. The van der Waals surface area contributed by atoms with Crippen molar-refractivity contribution in [2.24, 2.45) is 0 Å². The Bertz CT molecular complexity index is 267. The molecule has 1 heterocycles. The lowest BCUT2D eigenvalue weighted by Gasteiger charge is -2.36. The van der Waals surface area contributed by atoms with E-state index in [0.717, 1.165) is 4.90 Å². The van der Waals surface area contributed by atoms with Gasteiger partial charge in [-0.05, 0) is 0 Å². The summed E-state index contributed by atoms with van der Waals surface area (Å²) in [6, 6.07) is -1.39. The van der Waals surface area contributed by atoms with Crippen molar-refractivity contribution in [3.63, 3.8) is 0 Å². The molecule has 0 aliphatic carbocycles. The quantitative estimate of drug-likeness (QED) is 0.689. The lowest BCUT2D eigenvalue weighted by molar-refractivity contribution is -0.161. The first-order valence-electron chi connectivity index (χ1n) is 4.21. The van der Waals surface area contributed by atoms with E-state index >= 15 is 0 Å². The van der Waals surface area contributed by atoms with E-state index in [1.54, 1.807) is 0 Å². The van der Waals surface area contributed by atoms with Crippen LogP contribution in [0.5, 0.6) is 0 Å². The van der Waals surface area contributed by atoms with Crippen LogP contribution in [0.15, 0.2) is 0 Å². The van der Waals surface area contributed by atoms with Crippen LogP contribution < -0.4 is 0 Å². The number of likely N-dealkylation sites (tertiary alicyclic amines) is 1. The lowest BCUT2D eigenvalue weighted by atomic mass is 9.98. The van der Waals surface area contributed by atoms with E-state index in [1.165, 1.54) is 6.92 Å². The summed E-state index contributed by atoms with van der Waals surface area (Å²) in [7, 11) is 0. The Kier molecular flexibility index (Phi) is 2.73. The molecule has 0 saturated carbocycles. The molecule has 1 saturated heterocycles. The molecule has 6 heteroatoms. The second-order valence-corrected chi connectivity index (χ2v) is 3.38. The van der Waals surface area contributed by atoms with Crippen molar-refractivity contribution in [3.05, 3.63) is 0 Å². The third-order valence-corrected chi connectivity index (χ3v) is 2.28. The van der Waals surface area contributed by atoms with Gasteiger partial charge in [-0.3, -0.25) is 4.79 Å². The fraction of sp³-hybridized carbons (Fsp3) is 0.750. The van der Waals surface area contributed by atoms with E-state index in [0.29, 0.717) is 0 Å². The number of hydrogen-bond acceptors (Lipinski definition) is 2. The first-order chi connectivity index (χ1) is 6.33. The van der Waals surface area contributed by atoms with Crippen LogP contribution in [0.1, 0.15) is 19.8 Å². The SMILES string of the molecule is CC(=O)N1CCC(F)(F)CC1C(=O)O. The van der Waals surface area contributed by atoms with E-state index in [9.17, 15) is 18.4 Å². The molecule has 0 aromatic rings. The first-order valence-corrected chi connectivity index (χ1v) is 4.21. The van der Waals surface area contributed by atoms with Crippen molar-refractivity contribution in [2.75, 3.05) is 6.54 Å². The summed E-state index contributed by atoms with van der Waals surface area (Å²) in [6.07, 6.45) is -1.25. The number of rotatable bonds is 1. The fourth-order valence-corrected chi connectivity index (χ4v) is 1.53. The maximum atomic E-state index is 12.9. The van der Waals surface area contributed by atoms with E-state index < -0.39 is 36.7 Å². The molecule has 1 rings (SSSR count). The van der Waals surface area contributed by atoms with Gasteiger partial charge in [0.1, 0.15) is 6.04 Å². The average molecular weight is 207 g/mol. The minimum Gasteiger partial charge on any atom is -0.480 e. The summed E-state index contributed by atoms with van der Waals surface area (Å²) in [4.78, 5) is 22.5. The first kappa shape index (κ1) is 10.9. The van der Waals surface area contributed by atoms with Gasteiger partial charge in [0, 0.05) is 26.3 Å². The molecule has 80 valence electrons.